The third kappa shape index (κ3) is 1.08. The number of hydrogen-bond donors (Lipinski definition) is 0. The summed E-state index contributed by atoms with van der Waals surface area (Å²) >= 11 is 0. The van der Waals surface area contributed by atoms with Crippen molar-refractivity contribution in [3.8, 4) is 0 Å². The van der Waals surface area contributed by atoms with Gasteiger partial charge in [0.1, 0.15) is 0 Å². The minimum Gasteiger partial charge on any atom is -0.306 e. The van der Waals surface area contributed by atoms with Crippen LogP contribution in [0.25, 0.3) is 0 Å². The predicted molar refractivity (Wildman–Crippen MR) is 63.7 cm³/mol. The number of fused-ring (bicyclic) bond motifs is 2. The molecule has 1 saturated carbocycles. The van der Waals surface area contributed by atoms with E-state index in [9.17, 15) is 0 Å². The molecule has 3 aliphatic rings. The van der Waals surface area contributed by atoms with Gasteiger partial charge in [-0.05, 0) is 70.0 Å². The lowest BCUT2D eigenvalue weighted by molar-refractivity contribution is 0.132. The molecule has 0 aromatic heterocycles. The van der Waals surface area contributed by atoms with Gasteiger partial charge in [-0.1, -0.05) is 18.1 Å². The fourth-order valence-electron chi connectivity index (χ4n) is 4.59. The molecule has 3 rings (SSSR count). The maximum atomic E-state index is 2.49. The molecule has 0 radical (unpaired) electrons. The Morgan fingerprint density at radius 1 is 1.20 bits per heavy atom. The molecule has 0 amide bonds. The van der Waals surface area contributed by atoms with Gasteiger partial charge < -0.3 is 4.90 Å². The Kier molecular flexibility index (Phi) is 1.90. The highest BCUT2D eigenvalue weighted by molar-refractivity contribution is 5.39. The van der Waals surface area contributed by atoms with Gasteiger partial charge in [-0.2, -0.15) is 0 Å². The van der Waals surface area contributed by atoms with E-state index in [1.165, 1.54) is 25.9 Å². The summed E-state index contributed by atoms with van der Waals surface area (Å²) in [5.41, 5.74) is 4.14. The standard InChI is InChI=1S/C14H23N/c1-9-11(3)14(13-10(2)12(9)13)5-7-15(4)8-6-14/h10,12-13H,5-8H2,1-4H3. The third-order valence-electron chi connectivity index (χ3n) is 5.73. The highest BCUT2D eigenvalue weighted by atomic mass is 15.1. The minimum absolute atomic E-state index is 0.626. The quantitative estimate of drug-likeness (QED) is 0.550. The van der Waals surface area contributed by atoms with Crippen LogP contribution in [0.4, 0.5) is 0 Å². The van der Waals surface area contributed by atoms with Gasteiger partial charge >= 0.3 is 0 Å². The lowest BCUT2D eigenvalue weighted by Crippen LogP contribution is -2.39. The number of allylic oxidation sites excluding steroid dienone is 2. The second kappa shape index (κ2) is 2.88. The lowest BCUT2D eigenvalue weighted by Gasteiger charge is -2.41. The molecule has 1 saturated heterocycles. The zero-order chi connectivity index (χ0) is 10.8. The van der Waals surface area contributed by atoms with Gasteiger partial charge in [0.25, 0.3) is 0 Å². The fraction of sp³-hybridized carbons (Fsp3) is 0.857. The summed E-state index contributed by atoms with van der Waals surface area (Å²) in [5.74, 6) is 2.97. The van der Waals surface area contributed by atoms with Crippen LogP contribution in [0.15, 0.2) is 11.1 Å². The van der Waals surface area contributed by atoms with E-state index in [1.54, 1.807) is 11.1 Å². The van der Waals surface area contributed by atoms with Gasteiger partial charge in [-0.3, -0.25) is 0 Å². The lowest BCUT2D eigenvalue weighted by atomic mass is 9.70. The van der Waals surface area contributed by atoms with Gasteiger partial charge in [0.2, 0.25) is 0 Å². The van der Waals surface area contributed by atoms with Crippen LogP contribution < -0.4 is 0 Å². The van der Waals surface area contributed by atoms with Crippen LogP contribution in [0.5, 0.6) is 0 Å². The molecule has 0 N–H and O–H groups in total. The van der Waals surface area contributed by atoms with Crippen molar-refractivity contribution in [3.05, 3.63) is 11.1 Å². The highest BCUT2D eigenvalue weighted by Gasteiger charge is 2.64. The van der Waals surface area contributed by atoms with Crippen molar-refractivity contribution < 1.29 is 0 Å². The van der Waals surface area contributed by atoms with Crippen molar-refractivity contribution in [2.75, 3.05) is 20.1 Å². The van der Waals surface area contributed by atoms with Crippen LogP contribution >= 0.6 is 0 Å². The van der Waals surface area contributed by atoms with E-state index in [1.807, 2.05) is 0 Å². The van der Waals surface area contributed by atoms with Gasteiger partial charge in [0.15, 0.2) is 0 Å². The highest BCUT2D eigenvalue weighted by Crippen LogP contribution is 2.70. The summed E-state index contributed by atoms with van der Waals surface area (Å²) in [4.78, 5) is 2.49. The van der Waals surface area contributed by atoms with Crippen molar-refractivity contribution in [3.63, 3.8) is 0 Å². The largest absolute Gasteiger partial charge is 0.306 e. The predicted octanol–water partition coefficient (Wildman–Crippen LogP) is 2.93. The zero-order valence-corrected chi connectivity index (χ0v) is 10.5. The maximum Gasteiger partial charge on any atom is -0.00133 e. The summed E-state index contributed by atoms with van der Waals surface area (Å²) in [6.07, 6.45) is 2.83. The van der Waals surface area contributed by atoms with Crippen LogP contribution in [0, 0.1) is 23.2 Å². The first-order chi connectivity index (χ1) is 7.08. The molecule has 0 bridgehead atoms. The van der Waals surface area contributed by atoms with E-state index >= 15 is 0 Å². The molecule has 1 heteroatoms. The van der Waals surface area contributed by atoms with Crippen molar-refractivity contribution in [2.45, 2.75) is 33.6 Å². The monoisotopic (exact) mass is 205 g/mol. The molecular formula is C14H23N. The Morgan fingerprint density at radius 3 is 2.33 bits per heavy atom. The van der Waals surface area contributed by atoms with E-state index in [2.05, 4.69) is 32.7 Å². The second-order valence-electron chi connectivity index (χ2n) is 6.18. The number of piperidine rings is 1. The van der Waals surface area contributed by atoms with Crippen LogP contribution in [0.3, 0.4) is 0 Å². The summed E-state index contributed by atoms with van der Waals surface area (Å²) in [7, 11) is 2.27. The molecular weight excluding hydrogens is 182 g/mol. The topological polar surface area (TPSA) is 3.24 Å². The van der Waals surface area contributed by atoms with Crippen LogP contribution in [0.2, 0.25) is 0 Å². The van der Waals surface area contributed by atoms with E-state index in [-0.39, 0.29) is 0 Å². The molecule has 1 nitrogen and oxygen atoms in total. The SMILES string of the molecule is CC1=C(C)C2(CCN(C)CC2)C2C(C)C12. The van der Waals surface area contributed by atoms with Crippen LogP contribution in [-0.4, -0.2) is 25.0 Å². The molecule has 0 aromatic rings. The Bertz CT molecular complexity index is 320. The summed E-state index contributed by atoms with van der Waals surface area (Å²) in [6.45, 7) is 9.88. The molecule has 15 heavy (non-hydrogen) atoms. The van der Waals surface area contributed by atoms with E-state index < -0.39 is 0 Å². The fourth-order valence-corrected chi connectivity index (χ4v) is 4.59. The van der Waals surface area contributed by atoms with Crippen LogP contribution in [0.1, 0.15) is 33.6 Å². The molecule has 1 aliphatic heterocycles. The second-order valence-corrected chi connectivity index (χ2v) is 6.18. The Balaban J connectivity index is 1.93. The van der Waals surface area contributed by atoms with Gasteiger partial charge in [-0.15, -0.1) is 0 Å². The molecule has 2 fully saturated rings. The summed E-state index contributed by atoms with van der Waals surface area (Å²) in [5, 5.41) is 0. The molecule has 3 unspecified atom stereocenters. The number of nitrogens with zero attached hydrogens (tertiary/aromatic N) is 1. The third-order valence-corrected chi connectivity index (χ3v) is 5.73. The van der Waals surface area contributed by atoms with Gasteiger partial charge in [0, 0.05) is 0 Å². The van der Waals surface area contributed by atoms with Gasteiger partial charge in [0.05, 0.1) is 0 Å². The van der Waals surface area contributed by atoms with E-state index in [0.29, 0.717) is 5.41 Å². The molecule has 84 valence electrons. The first kappa shape index (κ1) is 9.89. The van der Waals surface area contributed by atoms with Crippen molar-refractivity contribution in [1.82, 2.24) is 4.90 Å². The van der Waals surface area contributed by atoms with Crippen molar-refractivity contribution >= 4 is 0 Å². The normalized spacial score (nSPS) is 43.6. The van der Waals surface area contributed by atoms with E-state index in [0.717, 1.165) is 17.8 Å². The molecule has 2 aliphatic carbocycles. The average molecular weight is 205 g/mol. The summed E-state index contributed by atoms with van der Waals surface area (Å²) in [6, 6.07) is 0. The Morgan fingerprint density at radius 2 is 1.80 bits per heavy atom. The Hall–Kier alpha value is -0.300. The zero-order valence-electron chi connectivity index (χ0n) is 10.5. The van der Waals surface area contributed by atoms with Gasteiger partial charge in [-0.25, -0.2) is 0 Å². The minimum atomic E-state index is 0.626. The molecule has 1 heterocycles. The van der Waals surface area contributed by atoms with Crippen LogP contribution in [-0.2, 0) is 0 Å². The first-order valence-corrected chi connectivity index (χ1v) is 6.44. The number of rotatable bonds is 0. The van der Waals surface area contributed by atoms with Crippen molar-refractivity contribution in [1.29, 1.82) is 0 Å². The molecule has 1 spiro atoms. The average Bonchev–Trinajstić information content (AvgIpc) is 2.84. The van der Waals surface area contributed by atoms with E-state index in [4.69, 9.17) is 0 Å². The molecule has 0 aromatic carbocycles. The van der Waals surface area contributed by atoms with Crippen molar-refractivity contribution in [2.24, 2.45) is 23.2 Å². The number of likely N-dealkylation sites (tertiary alicyclic amines) is 1. The number of hydrogen-bond acceptors (Lipinski definition) is 1. The summed E-state index contributed by atoms with van der Waals surface area (Å²) < 4.78 is 0. The Labute approximate surface area is 93.5 Å². The maximum absolute atomic E-state index is 2.49. The first-order valence-electron chi connectivity index (χ1n) is 6.44. The molecule has 3 atom stereocenters. The smallest absolute Gasteiger partial charge is 0.00133 e.